The van der Waals surface area contributed by atoms with Gasteiger partial charge >= 0.3 is 6.03 Å². The molecule has 4 amide bonds. The number of urea groups is 1. The molecule has 5 N–H and O–H groups in total. The molecule has 0 bridgehead atoms. The molecular formula is C50H63ClF3N9O6S. The van der Waals surface area contributed by atoms with Crippen LogP contribution < -0.4 is 26.2 Å². The van der Waals surface area contributed by atoms with Gasteiger partial charge in [-0.25, -0.2) is 22.9 Å². The Hall–Kier alpha value is -5.31. The maximum atomic E-state index is 14.4. The van der Waals surface area contributed by atoms with Crippen LogP contribution in [-0.4, -0.2) is 140 Å². The van der Waals surface area contributed by atoms with Crippen LogP contribution in [0.4, 0.5) is 35.0 Å². The molecule has 3 aliphatic rings. The number of carbonyl (C=O) groups excluding carboxylic acids is 3. The third-order valence-electron chi connectivity index (χ3n) is 12.7. The Morgan fingerprint density at radius 2 is 1.73 bits per heavy atom. The third-order valence-corrected chi connectivity index (χ3v) is 13.9. The van der Waals surface area contributed by atoms with E-state index in [0.717, 1.165) is 21.7 Å². The summed E-state index contributed by atoms with van der Waals surface area (Å²) in [5.41, 5.74) is 6.07. The molecule has 0 unspecified atom stereocenters. The minimum atomic E-state index is -2.67. The zero-order valence-corrected chi connectivity index (χ0v) is 41.7. The number of hydrogen-bond acceptors (Lipinski definition) is 11. The molecule has 2 saturated heterocycles. The van der Waals surface area contributed by atoms with Gasteiger partial charge in [0.05, 0.1) is 90.3 Å². The van der Waals surface area contributed by atoms with Crippen molar-refractivity contribution in [3.05, 3.63) is 93.8 Å². The lowest BCUT2D eigenvalue weighted by Gasteiger charge is -2.36. The van der Waals surface area contributed by atoms with E-state index in [-0.39, 0.29) is 86.5 Å². The van der Waals surface area contributed by atoms with E-state index in [1.165, 1.54) is 23.1 Å². The maximum absolute atomic E-state index is 14.4. The number of alkyl halides is 2. The Morgan fingerprint density at radius 1 is 0.986 bits per heavy atom. The second-order valence-corrected chi connectivity index (χ2v) is 20.3. The lowest BCUT2D eigenvalue weighted by Crippen LogP contribution is -2.54. The van der Waals surface area contributed by atoms with Crippen molar-refractivity contribution in [2.75, 3.05) is 75.9 Å². The monoisotopic (exact) mass is 1010 g/mol. The number of β-amino-alcohol motifs (C(OH)–C–C–N with tert-alkyl or cyclic N) is 1. The van der Waals surface area contributed by atoms with E-state index in [1.54, 1.807) is 34.4 Å². The summed E-state index contributed by atoms with van der Waals surface area (Å²) in [5, 5.41) is 23.3. The van der Waals surface area contributed by atoms with Crippen LogP contribution in [0.5, 0.6) is 0 Å². The number of fused-ring (bicyclic) bond motifs is 2. The molecule has 4 heterocycles. The summed E-state index contributed by atoms with van der Waals surface area (Å²) < 4.78 is 53.3. The first-order valence-electron chi connectivity index (χ1n) is 23.6. The molecule has 15 nitrogen and oxygen atoms in total. The molecule has 2 fully saturated rings. The number of likely N-dealkylation sites (tertiary alicyclic amines) is 2. The van der Waals surface area contributed by atoms with Gasteiger partial charge in [0.25, 0.3) is 6.43 Å². The number of halogens is 4. The van der Waals surface area contributed by atoms with Crippen molar-refractivity contribution in [1.82, 2.24) is 30.7 Å². The molecule has 0 saturated carbocycles. The van der Waals surface area contributed by atoms with Gasteiger partial charge in [0, 0.05) is 55.8 Å². The number of amidine groups is 1. The average Bonchev–Trinajstić information content (AvgIpc) is 4.05. The molecule has 3 aromatic carbocycles. The summed E-state index contributed by atoms with van der Waals surface area (Å²) in [4.78, 5) is 55.2. The molecule has 0 aliphatic carbocycles. The first-order valence-corrected chi connectivity index (χ1v) is 24.9. The topological polar surface area (TPSA) is 173 Å². The second kappa shape index (κ2) is 23.7. The smallest absolute Gasteiger partial charge is 0.317 e. The number of hydrogen-bond donors (Lipinski definition) is 5. The van der Waals surface area contributed by atoms with Gasteiger partial charge in [-0.05, 0) is 79.6 Å². The molecule has 3 aliphatic heterocycles. The summed E-state index contributed by atoms with van der Waals surface area (Å²) >= 11 is 7.95. The minimum absolute atomic E-state index is 0.121. The normalized spacial score (nSPS) is 19.6. The maximum Gasteiger partial charge on any atom is 0.317 e. The van der Waals surface area contributed by atoms with E-state index in [9.17, 15) is 32.7 Å². The molecule has 5 atom stereocenters. The Kier molecular flexibility index (Phi) is 17.8. The number of nitrogens with zero attached hydrogens (tertiary/aromatic N) is 5. The summed E-state index contributed by atoms with van der Waals surface area (Å²) in [6.07, 6.45) is -2.38. The fourth-order valence-electron chi connectivity index (χ4n) is 8.87. The molecule has 378 valence electrons. The molecule has 1 aromatic heterocycles. The number of aliphatic imine (C=N–C) groups is 1. The largest absolute Gasteiger partial charge is 0.392 e. The highest BCUT2D eigenvalue weighted by atomic mass is 35.5. The number of amides is 4. The van der Waals surface area contributed by atoms with Crippen LogP contribution in [0.25, 0.3) is 10.4 Å². The molecule has 0 spiro atoms. The quantitative estimate of drug-likeness (QED) is 0.0592. The SMILES string of the molecule is Cc1ncsc1-c1ccc([C@H](C)NC(=O)[C@@H]2C[C@@H](O)CN2C[C@@H](NC(=O)CCOCCOCCNC(=O)N2CC[C@H](N=C3Nc4cc(F)ccc4N(CC(F)F)c4ccc(Cl)cc43)C2)C(C)(C)C)cc1. The van der Waals surface area contributed by atoms with E-state index >= 15 is 0 Å². The van der Waals surface area contributed by atoms with Crippen LogP contribution in [0.3, 0.4) is 0 Å². The first-order chi connectivity index (χ1) is 33.4. The van der Waals surface area contributed by atoms with E-state index in [2.05, 4.69) is 26.3 Å². The highest BCUT2D eigenvalue weighted by Crippen LogP contribution is 2.40. The number of carbonyl (C=O) groups is 3. The van der Waals surface area contributed by atoms with E-state index in [0.29, 0.717) is 66.8 Å². The van der Waals surface area contributed by atoms with Crippen molar-refractivity contribution in [1.29, 1.82) is 0 Å². The Balaban J connectivity index is 0.801. The number of nitrogens with one attached hydrogen (secondary N) is 4. The standard InChI is InChI=1S/C50H63ClF3N9O6S/c1-30(32-6-8-33(9-7-32)46-31(2)56-29-70-46)57-48(66)42-24-37(64)26-62(42)27-43(50(3,4)5)60-45(65)15-18-68-20-21-69-19-16-55-49(67)61-17-14-36(25-61)58-47-38-22-34(51)10-12-40(38)63(28-44(53)54)41-13-11-35(52)23-39(41)59-47/h6-13,22-23,29-30,36-37,42-44,64H,14-21,24-28H2,1-5H3,(H,55,67)(H,57,66)(H,58,59)(H,60,65)/t30-,36-,37+,42-,43+/m0/s1. The Labute approximate surface area is 416 Å². The average molecular weight is 1010 g/mol. The number of anilines is 3. The number of benzene rings is 3. The van der Waals surface area contributed by atoms with Crippen molar-refractivity contribution >= 4 is 63.7 Å². The zero-order valence-electron chi connectivity index (χ0n) is 40.2. The number of rotatable bonds is 19. The number of aliphatic hydroxyl groups excluding tert-OH is 1. The van der Waals surface area contributed by atoms with E-state index < -0.39 is 30.9 Å². The third kappa shape index (κ3) is 13.8. The number of ether oxygens (including phenoxy) is 2. The summed E-state index contributed by atoms with van der Waals surface area (Å²) in [7, 11) is 0. The van der Waals surface area contributed by atoms with Crippen molar-refractivity contribution in [3.8, 4) is 10.4 Å². The minimum Gasteiger partial charge on any atom is -0.392 e. The van der Waals surface area contributed by atoms with Gasteiger partial charge in [-0.1, -0.05) is 56.6 Å². The summed E-state index contributed by atoms with van der Waals surface area (Å²) in [6.45, 7) is 12.0. The van der Waals surface area contributed by atoms with Gasteiger partial charge in [-0.2, -0.15) is 0 Å². The van der Waals surface area contributed by atoms with Crippen LogP contribution in [-0.2, 0) is 19.1 Å². The molecule has 20 heteroatoms. The molecule has 0 radical (unpaired) electrons. The number of aryl methyl sites for hydroxylation is 1. The highest BCUT2D eigenvalue weighted by molar-refractivity contribution is 7.13. The molecule has 4 aromatic rings. The van der Waals surface area contributed by atoms with E-state index in [4.69, 9.17) is 26.1 Å². The predicted molar refractivity (Wildman–Crippen MR) is 267 cm³/mol. The second-order valence-electron chi connectivity index (χ2n) is 19.0. The fourth-order valence-corrected chi connectivity index (χ4v) is 9.85. The number of aromatic nitrogens is 1. The van der Waals surface area contributed by atoms with Crippen LogP contribution in [0.1, 0.15) is 69.8 Å². The Morgan fingerprint density at radius 3 is 2.44 bits per heavy atom. The Bertz CT molecular complexity index is 2480. The lowest BCUT2D eigenvalue weighted by atomic mass is 9.86. The number of aliphatic hydroxyl groups is 1. The summed E-state index contributed by atoms with van der Waals surface area (Å²) in [5.74, 6) is -0.569. The highest BCUT2D eigenvalue weighted by Gasteiger charge is 2.40. The molecular weight excluding hydrogens is 947 g/mol. The van der Waals surface area contributed by atoms with Crippen molar-refractivity contribution in [3.63, 3.8) is 0 Å². The lowest BCUT2D eigenvalue weighted by molar-refractivity contribution is -0.126. The fraction of sp³-hybridized carbons (Fsp3) is 0.500. The predicted octanol–water partition coefficient (Wildman–Crippen LogP) is 7.54. The van der Waals surface area contributed by atoms with Gasteiger partial charge in [0.1, 0.15) is 11.7 Å². The zero-order chi connectivity index (χ0) is 50.1. The van der Waals surface area contributed by atoms with Gasteiger partial charge in [0.2, 0.25) is 11.8 Å². The van der Waals surface area contributed by atoms with Gasteiger partial charge in [0.15, 0.2) is 0 Å². The first kappa shape index (κ1) is 52.5. The van der Waals surface area contributed by atoms with Crippen LogP contribution in [0, 0.1) is 18.2 Å². The van der Waals surface area contributed by atoms with Gasteiger partial charge < -0.3 is 45.6 Å². The van der Waals surface area contributed by atoms with Crippen molar-refractivity contribution in [2.45, 2.75) is 90.6 Å². The van der Waals surface area contributed by atoms with Gasteiger partial charge in [-0.15, -0.1) is 11.3 Å². The van der Waals surface area contributed by atoms with Crippen LogP contribution >= 0.6 is 22.9 Å². The molecule has 70 heavy (non-hydrogen) atoms. The van der Waals surface area contributed by atoms with E-state index in [1.807, 2.05) is 69.3 Å². The molecule has 7 rings (SSSR count). The van der Waals surface area contributed by atoms with Crippen LogP contribution in [0.15, 0.2) is 71.2 Å². The van der Waals surface area contributed by atoms with Crippen LogP contribution in [0.2, 0.25) is 5.02 Å². The summed E-state index contributed by atoms with van der Waals surface area (Å²) in [6, 6.07) is 15.1. The number of thiazole rings is 1. The van der Waals surface area contributed by atoms with Crippen molar-refractivity contribution in [2.24, 2.45) is 10.4 Å². The van der Waals surface area contributed by atoms with Crippen molar-refractivity contribution < 1.29 is 42.1 Å². The van der Waals surface area contributed by atoms with Gasteiger partial charge in [-0.3, -0.25) is 19.5 Å².